The maximum Gasteiger partial charge on any atom is 0.290 e. The molecule has 1 atom stereocenters. The van der Waals surface area contributed by atoms with Crippen LogP contribution in [0.2, 0.25) is 0 Å². The zero-order valence-corrected chi connectivity index (χ0v) is 11.2. The van der Waals surface area contributed by atoms with Gasteiger partial charge in [-0.15, -0.1) is 0 Å². The van der Waals surface area contributed by atoms with Gasteiger partial charge in [0.25, 0.3) is 6.72 Å². The predicted octanol–water partition coefficient (Wildman–Crippen LogP) is 4.48. The van der Waals surface area contributed by atoms with Gasteiger partial charge < -0.3 is 4.52 Å². The van der Waals surface area contributed by atoms with Crippen LogP contribution in [0.1, 0.15) is 25.3 Å². The van der Waals surface area contributed by atoms with E-state index >= 15 is 0 Å². The molecule has 0 aliphatic heterocycles. The number of hydrogen-bond acceptors (Lipinski definition) is 2. The number of hydrogen-bond donors (Lipinski definition) is 0. The lowest BCUT2D eigenvalue weighted by Gasteiger charge is -2.09. The lowest BCUT2D eigenvalue weighted by molar-refractivity contribution is 0.344. The van der Waals surface area contributed by atoms with E-state index in [0.29, 0.717) is 12.8 Å². The minimum absolute atomic E-state index is 0.416. The van der Waals surface area contributed by atoms with Crippen LogP contribution in [-0.4, -0.2) is 12.8 Å². The molecule has 0 aromatic heterocycles. The van der Waals surface area contributed by atoms with Crippen LogP contribution in [0, 0.1) is 0 Å². The number of benzene rings is 1. The van der Waals surface area contributed by atoms with Crippen molar-refractivity contribution in [3.63, 3.8) is 0 Å². The molecule has 0 bridgehead atoms. The van der Waals surface area contributed by atoms with Crippen molar-refractivity contribution in [3.8, 4) is 0 Å². The van der Waals surface area contributed by atoms with Gasteiger partial charge in [-0.05, 0) is 43.0 Å². The van der Waals surface area contributed by atoms with E-state index in [0.717, 1.165) is 19.3 Å². The number of rotatable bonds is 7. The van der Waals surface area contributed by atoms with Crippen molar-refractivity contribution in [2.24, 2.45) is 0 Å². The van der Waals surface area contributed by atoms with E-state index in [1.54, 1.807) is 6.92 Å². The van der Waals surface area contributed by atoms with Crippen molar-refractivity contribution >= 4 is 18.0 Å². The van der Waals surface area contributed by atoms with Gasteiger partial charge in [0.2, 0.25) is 0 Å². The van der Waals surface area contributed by atoms with Gasteiger partial charge >= 0.3 is 0 Å². The summed E-state index contributed by atoms with van der Waals surface area (Å²) in [7, 11) is 0. The van der Waals surface area contributed by atoms with Gasteiger partial charge in [0, 0.05) is 6.16 Å². The summed E-state index contributed by atoms with van der Waals surface area (Å²) in [6.07, 6.45) is 3.31. The van der Waals surface area contributed by atoms with Gasteiger partial charge in [0.15, 0.2) is 0 Å². The standard InChI is InChI=1S/C12H18ClO2P/c1-2-15-16(13,14)11-7-6-10-12-8-4-3-5-9-12/h3-5,8-9H,2,6-7,10-11H2,1H3. The largest absolute Gasteiger partial charge is 0.318 e. The molecule has 0 radical (unpaired) electrons. The molecule has 0 aliphatic carbocycles. The Kier molecular flexibility index (Phi) is 6.12. The number of halogens is 1. The molecule has 0 amide bonds. The average Bonchev–Trinajstić information content (AvgIpc) is 2.26. The van der Waals surface area contributed by atoms with Crippen LogP contribution in [0.15, 0.2) is 30.3 Å². The molecule has 0 saturated carbocycles. The molecule has 2 nitrogen and oxygen atoms in total. The van der Waals surface area contributed by atoms with Crippen molar-refractivity contribution in [1.29, 1.82) is 0 Å². The monoisotopic (exact) mass is 260 g/mol. The first-order valence-electron chi connectivity index (χ1n) is 5.61. The lowest BCUT2D eigenvalue weighted by atomic mass is 10.1. The molecular formula is C12H18ClO2P. The third-order valence-electron chi connectivity index (χ3n) is 2.31. The molecule has 0 saturated heterocycles. The maximum atomic E-state index is 11.6. The van der Waals surface area contributed by atoms with Gasteiger partial charge in [0.1, 0.15) is 0 Å². The highest BCUT2D eigenvalue weighted by Crippen LogP contribution is 2.52. The quantitative estimate of drug-likeness (QED) is 0.534. The summed E-state index contributed by atoms with van der Waals surface area (Å²) in [4.78, 5) is 0. The SMILES string of the molecule is CCOP(=O)(Cl)CCCCc1ccccc1. The summed E-state index contributed by atoms with van der Waals surface area (Å²) < 4.78 is 16.6. The van der Waals surface area contributed by atoms with E-state index < -0.39 is 6.72 Å². The Morgan fingerprint density at radius 2 is 1.94 bits per heavy atom. The first-order chi connectivity index (χ1) is 7.64. The van der Waals surface area contributed by atoms with Gasteiger partial charge in [-0.25, -0.2) is 0 Å². The summed E-state index contributed by atoms with van der Waals surface area (Å²) in [6, 6.07) is 10.3. The summed E-state index contributed by atoms with van der Waals surface area (Å²) in [5.41, 5.74) is 1.31. The second-order valence-corrected chi connectivity index (χ2v) is 7.11. The topological polar surface area (TPSA) is 26.3 Å². The summed E-state index contributed by atoms with van der Waals surface area (Å²) in [6.45, 7) is -0.621. The van der Waals surface area contributed by atoms with Gasteiger partial charge in [0.05, 0.1) is 6.61 Å². The third kappa shape index (κ3) is 5.69. The minimum Gasteiger partial charge on any atom is -0.318 e. The van der Waals surface area contributed by atoms with Crippen LogP contribution in [0.25, 0.3) is 0 Å². The van der Waals surface area contributed by atoms with Crippen molar-refractivity contribution in [2.75, 3.05) is 12.8 Å². The lowest BCUT2D eigenvalue weighted by Crippen LogP contribution is -1.92. The Hall–Kier alpha value is -0.300. The molecule has 0 heterocycles. The van der Waals surface area contributed by atoms with Crippen LogP contribution in [-0.2, 0) is 15.5 Å². The second-order valence-electron chi connectivity index (χ2n) is 3.67. The molecule has 0 aliphatic rings. The molecule has 90 valence electrons. The van der Waals surface area contributed by atoms with E-state index in [1.165, 1.54) is 5.56 Å². The summed E-state index contributed by atoms with van der Waals surface area (Å²) in [5.74, 6) is 0. The molecule has 0 N–H and O–H groups in total. The van der Waals surface area contributed by atoms with E-state index in [2.05, 4.69) is 12.1 Å². The third-order valence-corrected chi connectivity index (χ3v) is 4.60. The molecule has 1 aromatic rings. The zero-order valence-electron chi connectivity index (χ0n) is 9.56. The van der Waals surface area contributed by atoms with Gasteiger partial charge in [-0.1, -0.05) is 30.3 Å². The zero-order chi connectivity index (χ0) is 11.9. The van der Waals surface area contributed by atoms with E-state index in [4.69, 9.17) is 15.8 Å². The van der Waals surface area contributed by atoms with E-state index in [1.807, 2.05) is 18.2 Å². The highest BCUT2D eigenvalue weighted by atomic mass is 35.7. The number of unbranched alkanes of at least 4 members (excludes halogenated alkanes) is 1. The highest BCUT2D eigenvalue weighted by Gasteiger charge is 2.17. The normalized spacial score (nSPS) is 14.6. The van der Waals surface area contributed by atoms with Gasteiger partial charge in [-0.3, -0.25) is 4.57 Å². The fraction of sp³-hybridized carbons (Fsp3) is 0.500. The fourth-order valence-electron chi connectivity index (χ4n) is 1.53. The molecule has 4 heteroatoms. The fourth-order valence-corrected chi connectivity index (χ4v) is 3.30. The van der Waals surface area contributed by atoms with Crippen molar-refractivity contribution in [3.05, 3.63) is 35.9 Å². The van der Waals surface area contributed by atoms with Crippen molar-refractivity contribution in [1.82, 2.24) is 0 Å². The minimum atomic E-state index is -2.84. The summed E-state index contributed by atoms with van der Waals surface area (Å²) in [5, 5.41) is 0. The molecular weight excluding hydrogens is 243 g/mol. The Labute approximate surface area is 102 Å². The second kappa shape index (κ2) is 7.11. The molecule has 0 fully saturated rings. The maximum absolute atomic E-state index is 11.6. The van der Waals surface area contributed by atoms with E-state index in [-0.39, 0.29) is 0 Å². The molecule has 1 unspecified atom stereocenters. The van der Waals surface area contributed by atoms with Gasteiger partial charge in [-0.2, -0.15) is 0 Å². The van der Waals surface area contributed by atoms with E-state index in [9.17, 15) is 4.57 Å². The predicted molar refractivity (Wildman–Crippen MR) is 69.3 cm³/mol. The summed E-state index contributed by atoms with van der Waals surface area (Å²) >= 11 is 5.75. The highest BCUT2D eigenvalue weighted by molar-refractivity contribution is 7.85. The van der Waals surface area contributed by atoms with Crippen LogP contribution in [0.4, 0.5) is 0 Å². The Balaban J connectivity index is 2.20. The molecule has 0 spiro atoms. The molecule has 1 aromatic carbocycles. The Morgan fingerprint density at radius 1 is 1.25 bits per heavy atom. The first kappa shape index (κ1) is 13.8. The van der Waals surface area contributed by atoms with Crippen molar-refractivity contribution in [2.45, 2.75) is 26.2 Å². The molecule has 1 rings (SSSR count). The Morgan fingerprint density at radius 3 is 2.56 bits per heavy atom. The van der Waals surface area contributed by atoms with Crippen molar-refractivity contribution < 1.29 is 9.09 Å². The smallest absolute Gasteiger partial charge is 0.290 e. The van der Waals surface area contributed by atoms with Crippen LogP contribution >= 0.6 is 18.0 Å². The number of aryl methyl sites for hydroxylation is 1. The van der Waals surface area contributed by atoms with Crippen LogP contribution in [0.5, 0.6) is 0 Å². The first-order valence-corrected chi connectivity index (χ1v) is 8.33. The van der Waals surface area contributed by atoms with Crippen LogP contribution < -0.4 is 0 Å². The van der Waals surface area contributed by atoms with Crippen LogP contribution in [0.3, 0.4) is 0 Å². The Bertz CT molecular complexity index is 340. The average molecular weight is 261 g/mol. The molecule has 16 heavy (non-hydrogen) atoms.